The van der Waals surface area contributed by atoms with Gasteiger partial charge in [0.15, 0.2) is 0 Å². The minimum absolute atomic E-state index is 0.129. The summed E-state index contributed by atoms with van der Waals surface area (Å²) in [5.41, 5.74) is 1.84. The number of rotatable bonds is 6. The predicted molar refractivity (Wildman–Crippen MR) is 123 cm³/mol. The lowest BCUT2D eigenvalue weighted by Crippen LogP contribution is -2.39. The fourth-order valence-electron chi connectivity index (χ4n) is 4.16. The van der Waals surface area contributed by atoms with Gasteiger partial charge < -0.3 is 4.90 Å². The minimum atomic E-state index is -3.57. The zero-order valence-corrected chi connectivity index (χ0v) is 19.0. The Bertz CT molecular complexity index is 1330. The van der Waals surface area contributed by atoms with E-state index in [2.05, 4.69) is 4.98 Å². The van der Waals surface area contributed by atoms with Crippen LogP contribution in [0.3, 0.4) is 0 Å². The molecule has 9 heteroatoms. The molecule has 0 saturated heterocycles. The molecule has 1 aliphatic heterocycles. The lowest BCUT2D eigenvalue weighted by molar-refractivity contribution is -0.119. The Balaban J connectivity index is 1.63. The van der Waals surface area contributed by atoms with Crippen molar-refractivity contribution in [1.82, 2.24) is 13.9 Å². The molecule has 0 fully saturated rings. The largest absolute Gasteiger partial charge is 0.311 e. The van der Waals surface area contributed by atoms with Crippen molar-refractivity contribution in [1.29, 1.82) is 0 Å². The first kappa shape index (κ1) is 22.2. The topological polar surface area (TPSA) is 92.6 Å². The monoisotopic (exact) mass is 454 g/mol. The first-order valence-electron chi connectivity index (χ1n) is 10.7. The van der Waals surface area contributed by atoms with Crippen LogP contribution in [0.4, 0.5) is 5.69 Å². The molecular formula is C23H26N4O4S. The summed E-state index contributed by atoms with van der Waals surface area (Å²) in [5, 5.41) is 0.466. The molecule has 2 aromatic carbocycles. The summed E-state index contributed by atoms with van der Waals surface area (Å²) in [5.74, 6) is -0.232. The van der Waals surface area contributed by atoms with Crippen molar-refractivity contribution in [3.8, 4) is 0 Å². The Morgan fingerprint density at radius 3 is 2.62 bits per heavy atom. The van der Waals surface area contributed by atoms with Crippen LogP contribution in [0.2, 0.25) is 0 Å². The number of aryl methyl sites for hydroxylation is 1. The van der Waals surface area contributed by atoms with Crippen molar-refractivity contribution < 1.29 is 13.2 Å². The van der Waals surface area contributed by atoms with Crippen molar-refractivity contribution in [3.63, 3.8) is 0 Å². The van der Waals surface area contributed by atoms with Crippen LogP contribution in [0.1, 0.15) is 25.8 Å². The lowest BCUT2D eigenvalue weighted by Gasteiger charge is -2.30. The predicted octanol–water partition coefficient (Wildman–Crippen LogP) is 2.41. The fraction of sp³-hybridized carbons (Fsp3) is 0.348. The molecule has 0 atom stereocenters. The van der Waals surface area contributed by atoms with Gasteiger partial charge in [-0.2, -0.15) is 4.31 Å². The fourth-order valence-corrected chi connectivity index (χ4v) is 5.66. The van der Waals surface area contributed by atoms with E-state index in [1.165, 1.54) is 15.2 Å². The summed E-state index contributed by atoms with van der Waals surface area (Å²) < 4.78 is 28.5. The number of carbonyl (C=O) groups is 1. The SMILES string of the molecule is CCN(CC)S(=O)(=O)c1ccc2c(c1)CCCN2C(=O)Cn1cnc2ccccc2c1=O. The molecule has 0 saturated carbocycles. The standard InChI is InChI=1S/C23H26N4O4S/c1-3-26(4-2)32(30,31)18-11-12-21-17(14-18)8-7-13-27(21)22(28)15-25-16-24-20-10-6-5-9-19(20)23(25)29/h5-6,9-12,14,16H,3-4,7-8,13,15H2,1-2H3. The summed E-state index contributed by atoms with van der Waals surface area (Å²) in [6.07, 6.45) is 2.81. The van der Waals surface area contributed by atoms with Crippen molar-refractivity contribution in [3.05, 3.63) is 64.7 Å². The molecule has 2 heterocycles. The zero-order valence-electron chi connectivity index (χ0n) is 18.2. The third kappa shape index (κ3) is 3.93. The van der Waals surface area contributed by atoms with Gasteiger partial charge in [0.2, 0.25) is 15.9 Å². The highest BCUT2D eigenvalue weighted by atomic mass is 32.2. The van der Waals surface area contributed by atoms with Crippen molar-refractivity contribution >= 4 is 32.5 Å². The Hall–Kier alpha value is -3.04. The number of sulfonamides is 1. The second-order valence-electron chi connectivity index (χ2n) is 7.72. The minimum Gasteiger partial charge on any atom is -0.311 e. The van der Waals surface area contributed by atoms with Crippen molar-refractivity contribution in [2.75, 3.05) is 24.5 Å². The lowest BCUT2D eigenvalue weighted by atomic mass is 10.0. The van der Waals surface area contributed by atoms with Crippen LogP contribution in [0.15, 0.2) is 58.5 Å². The summed E-state index contributed by atoms with van der Waals surface area (Å²) >= 11 is 0. The molecule has 0 radical (unpaired) electrons. The van der Waals surface area contributed by atoms with Crippen LogP contribution in [0, 0.1) is 0 Å². The molecule has 4 rings (SSSR count). The van der Waals surface area contributed by atoms with Gasteiger partial charge in [0.1, 0.15) is 6.54 Å². The van der Waals surface area contributed by atoms with Crippen molar-refractivity contribution in [2.24, 2.45) is 0 Å². The van der Waals surface area contributed by atoms with Crippen LogP contribution in [-0.4, -0.2) is 47.8 Å². The van der Waals surface area contributed by atoms with Crippen LogP contribution in [0.25, 0.3) is 10.9 Å². The number of nitrogens with zero attached hydrogens (tertiary/aromatic N) is 4. The third-order valence-electron chi connectivity index (χ3n) is 5.85. The van der Waals surface area contributed by atoms with E-state index in [-0.39, 0.29) is 22.9 Å². The first-order valence-corrected chi connectivity index (χ1v) is 12.2. The van der Waals surface area contributed by atoms with Crippen LogP contribution >= 0.6 is 0 Å². The summed E-state index contributed by atoms with van der Waals surface area (Å²) in [6, 6.07) is 12.0. The maximum atomic E-state index is 13.1. The van der Waals surface area contributed by atoms with Gasteiger partial charge in [-0.15, -0.1) is 0 Å². The van der Waals surface area contributed by atoms with E-state index < -0.39 is 10.0 Å². The maximum absolute atomic E-state index is 13.1. The van der Waals surface area contributed by atoms with E-state index in [1.807, 2.05) is 19.9 Å². The molecule has 0 unspecified atom stereocenters. The number of amides is 1. The molecule has 1 aromatic heterocycles. The molecule has 0 N–H and O–H groups in total. The van der Waals surface area contributed by atoms with Gasteiger partial charge in [-0.05, 0) is 48.7 Å². The normalized spacial score (nSPS) is 14.0. The average Bonchev–Trinajstić information content (AvgIpc) is 2.80. The van der Waals surface area contributed by atoms with Gasteiger partial charge in [-0.25, -0.2) is 13.4 Å². The highest BCUT2D eigenvalue weighted by Gasteiger charge is 2.27. The molecule has 8 nitrogen and oxygen atoms in total. The molecular weight excluding hydrogens is 428 g/mol. The zero-order chi connectivity index (χ0) is 22.9. The van der Waals surface area contributed by atoms with Gasteiger partial charge in [-0.3, -0.25) is 14.2 Å². The Morgan fingerprint density at radius 2 is 1.88 bits per heavy atom. The summed E-state index contributed by atoms with van der Waals surface area (Å²) in [7, 11) is -3.57. The molecule has 0 aliphatic carbocycles. The number of hydrogen-bond acceptors (Lipinski definition) is 5. The molecule has 1 aliphatic rings. The number of para-hydroxylation sites is 1. The molecule has 3 aromatic rings. The number of hydrogen-bond donors (Lipinski definition) is 0. The van der Waals surface area contributed by atoms with E-state index in [9.17, 15) is 18.0 Å². The summed E-state index contributed by atoms with van der Waals surface area (Å²) in [4.78, 5) is 32.0. The maximum Gasteiger partial charge on any atom is 0.261 e. The quantitative estimate of drug-likeness (QED) is 0.570. The Labute approximate surface area is 187 Å². The van der Waals surface area contributed by atoms with E-state index in [0.29, 0.717) is 42.6 Å². The highest BCUT2D eigenvalue weighted by molar-refractivity contribution is 7.89. The van der Waals surface area contributed by atoms with Gasteiger partial charge >= 0.3 is 0 Å². The molecule has 1 amide bonds. The average molecular weight is 455 g/mol. The van der Waals surface area contributed by atoms with Crippen LogP contribution < -0.4 is 10.5 Å². The number of aromatic nitrogens is 2. The second-order valence-corrected chi connectivity index (χ2v) is 9.66. The Kier molecular flexibility index (Phi) is 6.12. The highest BCUT2D eigenvalue weighted by Crippen LogP contribution is 2.30. The number of benzene rings is 2. The van der Waals surface area contributed by atoms with Gasteiger partial charge in [0.05, 0.1) is 22.1 Å². The van der Waals surface area contributed by atoms with E-state index in [0.717, 1.165) is 12.0 Å². The van der Waals surface area contributed by atoms with E-state index >= 15 is 0 Å². The molecule has 0 bridgehead atoms. The van der Waals surface area contributed by atoms with Crippen molar-refractivity contribution in [2.45, 2.75) is 38.1 Å². The number of carbonyl (C=O) groups excluding carboxylic acids is 1. The first-order chi connectivity index (χ1) is 15.4. The van der Waals surface area contributed by atoms with E-state index in [4.69, 9.17) is 0 Å². The number of anilines is 1. The number of fused-ring (bicyclic) bond motifs is 2. The second kappa shape index (κ2) is 8.84. The summed E-state index contributed by atoms with van der Waals surface area (Å²) in [6.45, 7) is 4.80. The van der Waals surface area contributed by atoms with Gasteiger partial charge in [-0.1, -0.05) is 26.0 Å². The molecule has 32 heavy (non-hydrogen) atoms. The van der Waals surface area contributed by atoms with Gasteiger partial charge in [0, 0.05) is 25.3 Å². The van der Waals surface area contributed by atoms with Crippen LogP contribution in [-0.2, 0) is 27.8 Å². The smallest absolute Gasteiger partial charge is 0.261 e. The van der Waals surface area contributed by atoms with E-state index in [1.54, 1.807) is 41.3 Å². The van der Waals surface area contributed by atoms with Crippen LogP contribution in [0.5, 0.6) is 0 Å². The molecule has 168 valence electrons. The molecule has 0 spiro atoms. The Morgan fingerprint density at radius 1 is 1.12 bits per heavy atom. The van der Waals surface area contributed by atoms with Gasteiger partial charge in [0.25, 0.3) is 5.56 Å². The third-order valence-corrected chi connectivity index (χ3v) is 7.90.